The van der Waals surface area contributed by atoms with E-state index in [2.05, 4.69) is 15.5 Å². The van der Waals surface area contributed by atoms with Crippen molar-refractivity contribution < 1.29 is 9.32 Å². The Balaban J connectivity index is 1.74. The molecule has 1 heterocycles. The number of nitrogens with one attached hydrogen (secondary N) is 1. The average molecular weight is 342 g/mol. The minimum Gasteiger partial charge on any atom is -0.341 e. The van der Waals surface area contributed by atoms with Crippen molar-refractivity contribution in [3.8, 4) is 11.4 Å². The van der Waals surface area contributed by atoms with E-state index in [4.69, 9.17) is 16.1 Å². The van der Waals surface area contributed by atoms with E-state index in [1.165, 1.54) is 0 Å². The maximum Gasteiger partial charge on any atom is 0.252 e. The van der Waals surface area contributed by atoms with Gasteiger partial charge in [0.15, 0.2) is 0 Å². The molecule has 24 heavy (non-hydrogen) atoms. The van der Waals surface area contributed by atoms with Gasteiger partial charge in [-0.2, -0.15) is 4.98 Å². The molecule has 122 valence electrons. The molecule has 1 unspecified atom stereocenters. The number of hydrogen-bond donors (Lipinski definition) is 1. The summed E-state index contributed by atoms with van der Waals surface area (Å²) in [4.78, 5) is 16.7. The van der Waals surface area contributed by atoms with Gasteiger partial charge in [-0.25, -0.2) is 0 Å². The topological polar surface area (TPSA) is 68.0 Å². The van der Waals surface area contributed by atoms with E-state index in [1.807, 2.05) is 37.3 Å². The van der Waals surface area contributed by atoms with Crippen molar-refractivity contribution in [2.24, 2.45) is 0 Å². The van der Waals surface area contributed by atoms with Crippen molar-refractivity contribution in [1.29, 1.82) is 0 Å². The van der Waals surface area contributed by atoms with Crippen LogP contribution in [0.25, 0.3) is 11.4 Å². The number of carbonyl (C=O) groups excluding carboxylic acids is 1. The van der Waals surface area contributed by atoms with Crippen LogP contribution in [0.5, 0.6) is 0 Å². The maximum atomic E-state index is 12.3. The third-order valence-electron chi connectivity index (χ3n) is 3.65. The lowest BCUT2D eigenvalue weighted by Gasteiger charge is -2.11. The number of aromatic nitrogens is 2. The molecule has 1 aromatic heterocycles. The monoisotopic (exact) mass is 341 g/mol. The molecule has 6 heteroatoms. The summed E-state index contributed by atoms with van der Waals surface area (Å²) < 4.78 is 5.27. The first-order valence-corrected chi connectivity index (χ1v) is 7.88. The normalized spacial score (nSPS) is 12.0. The Bertz CT molecular complexity index is 859. The predicted octanol–water partition coefficient (Wildman–Crippen LogP) is 4.19. The summed E-state index contributed by atoms with van der Waals surface area (Å²) >= 11 is 5.87. The maximum absolute atomic E-state index is 12.3. The summed E-state index contributed by atoms with van der Waals surface area (Å²) in [5, 5.41) is 7.47. The van der Waals surface area contributed by atoms with Crippen LogP contribution in [0.2, 0.25) is 5.02 Å². The molecule has 0 radical (unpaired) electrons. The number of hydrogen-bond acceptors (Lipinski definition) is 4. The second-order valence-electron chi connectivity index (χ2n) is 5.47. The lowest BCUT2D eigenvalue weighted by Crippen LogP contribution is -2.27. The summed E-state index contributed by atoms with van der Waals surface area (Å²) in [6, 6.07) is 14.2. The van der Waals surface area contributed by atoms with Crippen LogP contribution in [0.1, 0.15) is 34.8 Å². The minimum absolute atomic E-state index is 0.174. The van der Waals surface area contributed by atoms with Gasteiger partial charge in [-0.05, 0) is 49.7 Å². The molecule has 0 saturated carbocycles. The van der Waals surface area contributed by atoms with Crippen molar-refractivity contribution in [2.75, 3.05) is 0 Å². The molecule has 1 atom stereocenters. The van der Waals surface area contributed by atoms with E-state index in [0.717, 1.165) is 11.1 Å². The first-order valence-electron chi connectivity index (χ1n) is 7.50. The summed E-state index contributed by atoms with van der Waals surface area (Å²) in [6.07, 6.45) is 0. The number of carbonyl (C=O) groups is 1. The third-order valence-corrected chi connectivity index (χ3v) is 3.90. The van der Waals surface area contributed by atoms with Crippen molar-refractivity contribution in [1.82, 2.24) is 15.5 Å². The number of amides is 1. The molecule has 0 aliphatic carbocycles. The molecule has 0 saturated heterocycles. The largest absolute Gasteiger partial charge is 0.341 e. The van der Waals surface area contributed by atoms with Crippen molar-refractivity contribution in [3.63, 3.8) is 0 Å². The smallest absolute Gasteiger partial charge is 0.252 e. The standard InChI is InChI=1S/C18H16ClN3O2/c1-11-5-3-4-6-15(11)17(23)20-12(2)18-21-16(22-24-18)13-7-9-14(19)10-8-13/h3-10,12H,1-2H3,(H,20,23). The summed E-state index contributed by atoms with van der Waals surface area (Å²) in [5.74, 6) is 0.632. The molecule has 0 aliphatic heterocycles. The Morgan fingerprint density at radius 2 is 1.88 bits per heavy atom. The highest BCUT2D eigenvalue weighted by atomic mass is 35.5. The van der Waals surface area contributed by atoms with Crippen LogP contribution in [-0.4, -0.2) is 16.0 Å². The van der Waals surface area contributed by atoms with Gasteiger partial charge in [0.25, 0.3) is 5.91 Å². The van der Waals surface area contributed by atoms with Gasteiger partial charge in [0.1, 0.15) is 6.04 Å². The first-order chi connectivity index (χ1) is 11.5. The molecule has 0 spiro atoms. The van der Waals surface area contributed by atoms with Gasteiger partial charge in [0, 0.05) is 16.1 Å². The lowest BCUT2D eigenvalue weighted by atomic mass is 10.1. The van der Waals surface area contributed by atoms with Crippen molar-refractivity contribution >= 4 is 17.5 Å². The number of nitrogens with zero attached hydrogens (tertiary/aromatic N) is 2. The Kier molecular flexibility index (Phi) is 4.62. The Morgan fingerprint density at radius 3 is 2.58 bits per heavy atom. The quantitative estimate of drug-likeness (QED) is 0.772. The zero-order chi connectivity index (χ0) is 17.1. The van der Waals surface area contributed by atoms with Gasteiger partial charge in [-0.15, -0.1) is 0 Å². The fourth-order valence-electron chi connectivity index (χ4n) is 2.29. The highest BCUT2D eigenvalue weighted by molar-refractivity contribution is 6.30. The molecule has 1 amide bonds. The average Bonchev–Trinajstić information content (AvgIpc) is 3.06. The minimum atomic E-state index is -0.398. The molecular formula is C18H16ClN3O2. The van der Waals surface area contributed by atoms with Crippen LogP contribution < -0.4 is 5.32 Å². The van der Waals surface area contributed by atoms with Gasteiger partial charge in [-0.3, -0.25) is 4.79 Å². The van der Waals surface area contributed by atoms with Crippen LogP contribution in [0.4, 0.5) is 0 Å². The van der Waals surface area contributed by atoms with E-state index < -0.39 is 6.04 Å². The lowest BCUT2D eigenvalue weighted by molar-refractivity contribution is 0.0932. The fraction of sp³-hybridized carbons (Fsp3) is 0.167. The zero-order valence-electron chi connectivity index (χ0n) is 13.3. The van der Waals surface area contributed by atoms with Gasteiger partial charge in [0.05, 0.1) is 0 Å². The van der Waals surface area contributed by atoms with Crippen LogP contribution in [0.3, 0.4) is 0 Å². The number of rotatable bonds is 4. The molecule has 0 aliphatic rings. The van der Waals surface area contributed by atoms with Gasteiger partial charge in [0.2, 0.25) is 11.7 Å². The van der Waals surface area contributed by atoms with Crippen LogP contribution in [0, 0.1) is 6.92 Å². The Morgan fingerprint density at radius 1 is 1.17 bits per heavy atom. The van der Waals surface area contributed by atoms with Crippen LogP contribution >= 0.6 is 11.6 Å². The van der Waals surface area contributed by atoms with Crippen LogP contribution in [-0.2, 0) is 0 Å². The molecule has 1 N–H and O–H groups in total. The summed E-state index contributed by atoms with van der Waals surface area (Å²) in [7, 11) is 0. The summed E-state index contributed by atoms with van der Waals surface area (Å²) in [6.45, 7) is 3.69. The van der Waals surface area contributed by atoms with Gasteiger partial charge >= 0.3 is 0 Å². The Hall–Kier alpha value is -2.66. The van der Waals surface area contributed by atoms with Crippen molar-refractivity contribution in [2.45, 2.75) is 19.9 Å². The Labute approximate surface area is 144 Å². The second-order valence-corrected chi connectivity index (χ2v) is 5.91. The van der Waals surface area contributed by atoms with Crippen LogP contribution in [0.15, 0.2) is 53.1 Å². The molecular weight excluding hydrogens is 326 g/mol. The van der Waals surface area contributed by atoms with Gasteiger partial charge in [-0.1, -0.05) is 35.0 Å². The molecule has 2 aromatic carbocycles. The predicted molar refractivity (Wildman–Crippen MR) is 91.8 cm³/mol. The third kappa shape index (κ3) is 3.46. The molecule has 3 rings (SSSR count). The van der Waals surface area contributed by atoms with E-state index in [1.54, 1.807) is 25.1 Å². The molecule has 0 fully saturated rings. The number of halogens is 1. The first kappa shape index (κ1) is 16.2. The van der Waals surface area contributed by atoms with E-state index in [9.17, 15) is 4.79 Å². The van der Waals surface area contributed by atoms with E-state index in [0.29, 0.717) is 22.3 Å². The van der Waals surface area contributed by atoms with Gasteiger partial charge < -0.3 is 9.84 Å². The zero-order valence-corrected chi connectivity index (χ0v) is 14.0. The molecule has 3 aromatic rings. The highest BCUT2D eigenvalue weighted by Crippen LogP contribution is 2.21. The molecule has 0 bridgehead atoms. The van der Waals surface area contributed by atoms with E-state index in [-0.39, 0.29) is 5.91 Å². The molecule has 5 nitrogen and oxygen atoms in total. The van der Waals surface area contributed by atoms with E-state index >= 15 is 0 Å². The highest BCUT2D eigenvalue weighted by Gasteiger charge is 2.18. The fourth-order valence-corrected chi connectivity index (χ4v) is 2.42. The second kappa shape index (κ2) is 6.84. The number of benzene rings is 2. The SMILES string of the molecule is Cc1ccccc1C(=O)NC(C)c1nc(-c2ccc(Cl)cc2)no1. The number of aryl methyl sites for hydroxylation is 1. The van der Waals surface area contributed by atoms with Crippen molar-refractivity contribution in [3.05, 3.63) is 70.6 Å². The summed E-state index contributed by atoms with van der Waals surface area (Å²) in [5.41, 5.74) is 2.34.